The van der Waals surface area contributed by atoms with Gasteiger partial charge in [0.2, 0.25) is 0 Å². The van der Waals surface area contributed by atoms with Gasteiger partial charge in [-0.1, -0.05) is 6.42 Å². The molecule has 3 aliphatic heterocycles. The third kappa shape index (κ3) is 3.03. The van der Waals surface area contributed by atoms with E-state index in [0.29, 0.717) is 6.04 Å². The van der Waals surface area contributed by atoms with Gasteiger partial charge in [0, 0.05) is 45.3 Å². The summed E-state index contributed by atoms with van der Waals surface area (Å²) in [6.45, 7) is 7.98. The van der Waals surface area contributed by atoms with Gasteiger partial charge in [0.05, 0.1) is 0 Å². The zero-order valence-electron chi connectivity index (χ0n) is 11.8. The van der Waals surface area contributed by atoms with Gasteiger partial charge in [-0.15, -0.1) is 0 Å². The van der Waals surface area contributed by atoms with E-state index < -0.39 is 0 Å². The molecule has 3 aliphatic rings. The molecular formula is C14H26N4O. The summed E-state index contributed by atoms with van der Waals surface area (Å²) < 4.78 is 0. The number of piperazine rings is 1. The van der Waals surface area contributed by atoms with Crippen molar-refractivity contribution in [1.29, 1.82) is 0 Å². The summed E-state index contributed by atoms with van der Waals surface area (Å²) >= 11 is 0. The number of rotatable bonds is 1. The molecule has 3 fully saturated rings. The third-order valence-electron chi connectivity index (χ3n) is 4.73. The molecule has 3 heterocycles. The summed E-state index contributed by atoms with van der Waals surface area (Å²) in [5.41, 5.74) is 0. The molecule has 108 valence electrons. The number of amides is 2. The lowest BCUT2D eigenvalue weighted by Gasteiger charge is -2.34. The first-order valence-electron chi connectivity index (χ1n) is 7.83. The normalized spacial score (nSPS) is 29.8. The second-order valence-corrected chi connectivity index (χ2v) is 6.00. The van der Waals surface area contributed by atoms with E-state index in [2.05, 4.69) is 15.1 Å². The number of carbonyl (C=O) groups is 1. The smallest absolute Gasteiger partial charge is 0.320 e. The summed E-state index contributed by atoms with van der Waals surface area (Å²) in [4.78, 5) is 19.1. The lowest BCUT2D eigenvalue weighted by molar-refractivity contribution is 0.141. The van der Waals surface area contributed by atoms with Gasteiger partial charge in [0.15, 0.2) is 0 Å². The van der Waals surface area contributed by atoms with Crippen LogP contribution in [0, 0.1) is 0 Å². The molecule has 2 amide bonds. The van der Waals surface area contributed by atoms with Crippen LogP contribution in [0.1, 0.15) is 25.7 Å². The molecule has 1 unspecified atom stereocenters. The SMILES string of the molecule is O=C(N1CCNCC1)N1CCC(N2CCCCC2)C1. The highest BCUT2D eigenvalue weighted by Gasteiger charge is 2.33. The molecule has 0 bridgehead atoms. The van der Waals surface area contributed by atoms with Crippen LogP contribution in [0.15, 0.2) is 0 Å². The Kier molecular flexibility index (Phi) is 4.23. The number of likely N-dealkylation sites (tertiary alicyclic amines) is 2. The van der Waals surface area contributed by atoms with E-state index in [0.717, 1.165) is 45.7 Å². The molecule has 0 aliphatic carbocycles. The maximum absolute atomic E-state index is 12.4. The van der Waals surface area contributed by atoms with Crippen LogP contribution in [0.3, 0.4) is 0 Å². The molecule has 0 aromatic carbocycles. The first kappa shape index (κ1) is 13.2. The molecule has 0 radical (unpaired) electrons. The van der Waals surface area contributed by atoms with Crippen molar-refractivity contribution in [3.63, 3.8) is 0 Å². The molecular weight excluding hydrogens is 240 g/mol. The number of nitrogens with one attached hydrogen (secondary N) is 1. The van der Waals surface area contributed by atoms with Crippen LogP contribution < -0.4 is 5.32 Å². The molecule has 1 N–H and O–H groups in total. The number of piperidine rings is 1. The second kappa shape index (κ2) is 6.09. The molecule has 1 atom stereocenters. The Morgan fingerprint density at radius 1 is 0.895 bits per heavy atom. The fourth-order valence-electron chi connectivity index (χ4n) is 3.55. The van der Waals surface area contributed by atoms with Gasteiger partial charge in [-0.3, -0.25) is 4.90 Å². The van der Waals surface area contributed by atoms with Crippen LogP contribution in [-0.4, -0.2) is 79.1 Å². The molecule has 3 saturated heterocycles. The van der Waals surface area contributed by atoms with E-state index in [1.54, 1.807) is 0 Å². The fourth-order valence-corrected chi connectivity index (χ4v) is 3.55. The monoisotopic (exact) mass is 266 g/mol. The molecule has 0 saturated carbocycles. The van der Waals surface area contributed by atoms with Crippen LogP contribution in [0.2, 0.25) is 0 Å². The minimum absolute atomic E-state index is 0.265. The van der Waals surface area contributed by atoms with Crippen molar-refractivity contribution in [3.05, 3.63) is 0 Å². The summed E-state index contributed by atoms with van der Waals surface area (Å²) in [5, 5.41) is 3.30. The highest BCUT2D eigenvalue weighted by atomic mass is 16.2. The van der Waals surface area contributed by atoms with E-state index in [1.807, 2.05) is 4.90 Å². The van der Waals surface area contributed by atoms with E-state index >= 15 is 0 Å². The Bertz CT molecular complexity index is 311. The lowest BCUT2D eigenvalue weighted by Crippen LogP contribution is -2.51. The van der Waals surface area contributed by atoms with Gasteiger partial charge >= 0.3 is 6.03 Å². The Hall–Kier alpha value is -0.810. The van der Waals surface area contributed by atoms with Gasteiger partial charge in [-0.05, 0) is 32.4 Å². The Morgan fingerprint density at radius 2 is 1.63 bits per heavy atom. The van der Waals surface area contributed by atoms with Crippen molar-refractivity contribution in [1.82, 2.24) is 20.0 Å². The highest BCUT2D eigenvalue weighted by molar-refractivity contribution is 5.75. The van der Waals surface area contributed by atoms with E-state index in [-0.39, 0.29) is 6.03 Å². The van der Waals surface area contributed by atoms with E-state index in [4.69, 9.17) is 0 Å². The van der Waals surface area contributed by atoms with Crippen molar-refractivity contribution in [2.24, 2.45) is 0 Å². The summed E-state index contributed by atoms with van der Waals surface area (Å²) in [6.07, 6.45) is 5.22. The Balaban J connectivity index is 1.51. The number of hydrogen-bond acceptors (Lipinski definition) is 3. The molecule has 19 heavy (non-hydrogen) atoms. The minimum Gasteiger partial charge on any atom is -0.323 e. The predicted molar refractivity (Wildman–Crippen MR) is 75.2 cm³/mol. The minimum atomic E-state index is 0.265. The molecule has 5 heteroatoms. The average Bonchev–Trinajstić information content (AvgIpc) is 2.98. The van der Waals surface area contributed by atoms with Crippen molar-refractivity contribution >= 4 is 6.03 Å². The van der Waals surface area contributed by atoms with E-state index in [9.17, 15) is 4.79 Å². The zero-order valence-corrected chi connectivity index (χ0v) is 11.8. The number of urea groups is 1. The van der Waals surface area contributed by atoms with Gasteiger partial charge in [0.1, 0.15) is 0 Å². The van der Waals surface area contributed by atoms with Crippen LogP contribution in [0.5, 0.6) is 0 Å². The lowest BCUT2D eigenvalue weighted by atomic mass is 10.1. The van der Waals surface area contributed by atoms with Crippen LogP contribution in [0.25, 0.3) is 0 Å². The third-order valence-corrected chi connectivity index (χ3v) is 4.73. The summed E-state index contributed by atoms with van der Waals surface area (Å²) in [6, 6.07) is 0.883. The van der Waals surface area contributed by atoms with Gasteiger partial charge in [-0.25, -0.2) is 4.79 Å². The molecule has 3 rings (SSSR count). The van der Waals surface area contributed by atoms with E-state index in [1.165, 1.54) is 32.4 Å². The molecule has 5 nitrogen and oxygen atoms in total. The maximum Gasteiger partial charge on any atom is 0.320 e. The molecule has 0 aromatic heterocycles. The zero-order chi connectivity index (χ0) is 13.1. The average molecular weight is 266 g/mol. The van der Waals surface area contributed by atoms with Crippen LogP contribution in [0.4, 0.5) is 4.79 Å². The first-order valence-corrected chi connectivity index (χ1v) is 7.83. The van der Waals surface area contributed by atoms with Gasteiger partial charge in [-0.2, -0.15) is 0 Å². The van der Waals surface area contributed by atoms with Crippen molar-refractivity contribution in [2.45, 2.75) is 31.7 Å². The Morgan fingerprint density at radius 3 is 2.37 bits per heavy atom. The summed E-state index contributed by atoms with van der Waals surface area (Å²) in [7, 11) is 0. The standard InChI is InChI=1S/C14H26N4O/c19-14(17-10-5-15-6-11-17)18-9-4-13(12-18)16-7-2-1-3-8-16/h13,15H,1-12H2. The van der Waals surface area contributed by atoms with Crippen molar-refractivity contribution < 1.29 is 4.79 Å². The number of hydrogen-bond donors (Lipinski definition) is 1. The van der Waals surface area contributed by atoms with Gasteiger partial charge in [0.25, 0.3) is 0 Å². The maximum atomic E-state index is 12.4. The largest absolute Gasteiger partial charge is 0.323 e. The van der Waals surface area contributed by atoms with Crippen LogP contribution in [-0.2, 0) is 0 Å². The second-order valence-electron chi connectivity index (χ2n) is 6.00. The van der Waals surface area contributed by atoms with Crippen molar-refractivity contribution in [2.75, 3.05) is 52.4 Å². The topological polar surface area (TPSA) is 38.8 Å². The number of nitrogens with zero attached hydrogens (tertiary/aromatic N) is 3. The highest BCUT2D eigenvalue weighted by Crippen LogP contribution is 2.21. The first-order chi connectivity index (χ1) is 9.34. The van der Waals surface area contributed by atoms with Crippen LogP contribution >= 0.6 is 0 Å². The quantitative estimate of drug-likeness (QED) is 0.754. The fraction of sp³-hybridized carbons (Fsp3) is 0.929. The predicted octanol–water partition coefficient (Wildman–Crippen LogP) is 0.572. The molecule has 0 spiro atoms. The molecule has 0 aromatic rings. The number of carbonyl (C=O) groups excluding carboxylic acids is 1. The van der Waals surface area contributed by atoms with Gasteiger partial charge < -0.3 is 15.1 Å². The summed E-state index contributed by atoms with van der Waals surface area (Å²) in [5.74, 6) is 0. The van der Waals surface area contributed by atoms with Crippen molar-refractivity contribution in [3.8, 4) is 0 Å². The Labute approximate surface area is 115 Å².